The first-order chi connectivity index (χ1) is 15.4. The third-order valence-corrected chi connectivity index (χ3v) is 6.59. The van der Waals surface area contributed by atoms with Gasteiger partial charge in [0.1, 0.15) is 5.75 Å². The lowest BCUT2D eigenvalue weighted by Crippen LogP contribution is -2.27. The normalized spacial score (nSPS) is 15.0. The van der Waals surface area contributed by atoms with Crippen molar-refractivity contribution in [2.45, 2.75) is 31.8 Å². The molecule has 0 aliphatic heterocycles. The minimum absolute atomic E-state index is 0.160. The molecule has 166 valence electrons. The molecule has 0 fully saturated rings. The van der Waals surface area contributed by atoms with Gasteiger partial charge in [0.05, 0.1) is 17.8 Å². The topological polar surface area (TPSA) is 106 Å². The van der Waals surface area contributed by atoms with Gasteiger partial charge in [-0.2, -0.15) is 0 Å². The van der Waals surface area contributed by atoms with Crippen molar-refractivity contribution in [2.24, 2.45) is 5.73 Å². The number of nitrogens with zero attached hydrogens (tertiary/aromatic N) is 1. The monoisotopic (exact) mass is 470 g/mol. The van der Waals surface area contributed by atoms with E-state index in [4.69, 9.17) is 22.1 Å². The molecule has 2 amide bonds. The van der Waals surface area contributed by atoms with Gasteiger partial charge in [0.2, 0.25) is 0 Å². The number of aryl methyl sites for hydroxylation is 1. The Morgan fingerprint density at radius 2 is 2.03 bits per heavy atom. The molecule has 7 nitrogen and oxygen atoms in total. The second-order valence-corrected chi connectivity index (χ2v) is 9.07. The lowest BCUT2D eigenvalue weighted by atomic mass is 9.99. The number of fused-ring (bicyclic) bond motifs is 1. The van der Waals surface area contributed by atoms with Crippen molar-refractivity contribution in [1.82, 2.24) is 10.3 Å². The van der Waals surface area contributed by atoms with Gasteiger partial charge in [0, 0.05) is 28.6 Å². The van der Waals surface area contributed by atoms with Gasteiger partial charge in [-0.3, -0.25) is 14.9 Å². The summed E-state index contributed by atoms with van der Waals surface area (Å²) in [5, 5.41) is 6.67. The average molecular weight is 471 g/mol. The number of thiazole rings is 1. The first-order valence-corrected chi connectivity index (χ1v) is 11.4. The van der Waals surface area contributed by atoms with Crippen molar-refractivity contribution < 1.29 is 14.3 Å². The summed E-state index contributed by atoms with van der Waals surface area (Å²) in [5.41, 5.74) is 8.78. The third-order valence-electron chi connectivity index (χ3n) is 5.25. The summed E-state index contributed by atoms with van der Waals surface area (Å²) in [7, 11) is 1.52. The molecule has 1 aliphatic carbocycles. The number of amides is 2. The van der Waals surface area contributed by atoms with Crippen LogP contribution in [0.4, 0.5) is 5.13 Å². The molecule has 1 aromatic heterocycles. The highest BCUT2D eigenvalue weighted by atomic mass is 35.5. The van der Waals surface area contributed by atoms with Crippen LogP contribution in [0.2, 0.25) is 5.02 Å². The Balaban J connectivity index is 1.38. The van der Waals surface area contributed by atoms with Crippen LogP contribution in [0.25, 0.3) is 0 Å². The van der Waals surface area contributed by atoms with E-state index in [1.165, 1.54) is 18.4 Å². The van der Waals surface area contributed by atoms with E-state index < -0.39 is 0 Å². The first kappa shape index (κ1) is 22.3. The van der Waals surface area contributed by atoms with Crippen LogP contribution in [0.15, 0.2) is 42.5 Å². The molecule has 2 aromatic carbocycles. The zero-order valence-electron chi connectivity index (χ0n) is 17.5. The van der Waals surface area contributed by atoms with Crippen molar-refractivity contribution in [3.8, 4) is 5.75 Å². The summed E-state index contributed by atoms with van der Waals surface area (Å²) in [4.78, 5) is 30.8. The SMILES string of the molecule is COc1ccc(C(=O)NCc2cccc(C(=O)Nc3nc4c(s3)C[C@@H](N)CC4)c2)cc1Cl. The molecule has 4 N–H and O–H groups in total. The molecule has 32 heavy (non-hydrogen) atoms. The summed E-state index contributed by atoms with van der Waals surface area (Å²) in [6, 6.07) is 12.1. The van der Waals surface area contributed by atoms with Crippen LogP contribution in [-0.2, 0) is 19.4 Å². The predicted molar refractivity (Wildman–Crippen MR) is 126 cm³/mol. The summed E-state index contributed by atoms with van der Waals surface area (Å²) < 4.78 is 5.10. The maximum absolute atomic E-state index is 12.7. The molecule has 0 saturated carbocycles. The molecule has 0 radical (unpaired) electrons. The number of nitrogens with two attached hydrogens (primary N) is 1. The number of methoxy groups -OCH3 is 1. The van der Waals surface area contributed by atoms with E-state index in [9.17, 15) is 9.59 Å². The standard InChI is InChI=1S/C23H23ClN4O3S/c1-31-19-8-5-15(10-17(19)24)21(29)26-12-13-3-2-4-14(9-13)22(30)28-23-27-18-7-6-16(25)11-20(18)32-23/h2-5,8-10,16H,6-7,11-12,25H2,1H3,(H,26,29)(H,27,28,30)/t16-/m0/s1. The van der Waals surface area contributed by atoms with Crippen LogP contribution in [0, 0.1) is 0 Å². The van der Waals surface area contributed by atoms with E-state index in [0.29, 0.717) is 27.0 Å². The number of anilines is 1. The highest BCUT2D eigenvalue weighted by Crippen LogP contribution is 2.29. The number of ether oxygens (including phenoxy) is 1. The number of hydrogen-bond acceptors (Lipinski definition) is 6. The number of nitrogens with one attached hydrogen (secondary N) is 2. The zero-order chi connectivity index (χ0) is 22.7. The molecule has 0 unspecified atom stereocenters. The molecule has 0 bridgehead atoms. The minimum Gasteiger partial charge on any atom is -0.495 e. The van der Waals surface area contributed by atoms with Gasteiger partial charge in [-0.15, -0.1) is 11.3 Å². The fourth-order valence-electron chi connectivity index (χ4n) is 3.54. The fourth-order valence-corrected chi connectivity index (χ4v) is 4.89. The maximum atomic E-state index is 12.7. The minimum atomic E-state index is -0.268. The summed E-state index contributed by atoms with van der Waals surface area (Å²) in [6.07, 6.45) is 2.57. The zero-order valence-corrected chi connectivity index (χ0v) is 19.1. The lowest BCUT2D eigenvalue weighted by molar-refractivity contribution is 0.0950. The highest BCUT2D eigenvalue weighted by molar-refractivity contribution is 7.15. The Kier molecular flexibility index (Phi) is 6.74. The summed E-state index contributed by atoms with van der Waals surface area (Å²) in [5.74, 6) is -0.00246. The van der Waals surface area contributed by atoms with Crippen LogP contribution in [0.1, 0.15) is 43.3 Å². The number of carbonyl (C=O) groups is 2. The van der Waals surface area contributed by atoms with E-state index in [1.807, 2.05) is 6.07 Å². The Bertz CT molecular complexity index is 1160. The van der Waals surface area contributed by atoms with Gasteiger partial charge in [0.15, 0.2) is 5.13 Å². The molecule has 4 rings (SSSR count). The Morgan fingerprint density at radius 1 is 1.22 bits per heavy atom. The Morgan fingerprint density at radius 3 is 2.81 bits per heavy atom. The van der Waals surface area contributed by atoms with E-state index in [0.717, 1.165) is 35.4 Å². The number of rotatable bonds is 6. The van der Waals surface area contributed by atoms with Crippen LogP contribution >= 0.6 is 22.9 Å². The van der Waals surface area contributed by atoms with E-state index in [1.54, 1.807) is 36.4 Å². The molecule has 1 atom stereocenters. The van der Waals surface area contributed by atoms with Gasteiger partial charge >= 0.3 is 0 Å². The van der Waals surface area contributed by atoms with Crippen molar-refractivity contribution in [1.29, 1.82) is 0 Å². The molecule has 0 spiro atoms. The van der Waals surface area contributed by atoms with Crippen LogP contribution in [0.5, 0.6) is 5.75 Å². The molecule has 3 aromatic rings. The van der Waals surface area contributed by atoms with E-state index in [2.05, 4.69) is 15.6 Å². The number of hydrogen-bond donors (Lipinski definition) is 3. The third kappa shape index (κ3) is 5.09. The maximum Gasteiger partial charge on any atom is 0.257 e. The Hall–Kier alpha value is -2.94. The molecular formula is C23H23ClN4O3S. The van der Waals surface area contributed by atoms with Crippen LogP contribution in [-0.4, -0.2) is 29.9 Å². The van der Waals surface area contributed by atoms with E-state index in [-0.39, 0.29) is 24.4 Å². The first-order valence-electron chi connectivity index (χ1n) is 10.2. The molecule has 1 aliphatic rings. The van der Waals surface area contributed by atoms with Crippen molar-refractivity contribution in [3.05, 3.63) is 74.7 Å². The molecule has 0 saturated heterocycles. The summed E-state index contributed by atoms with van der Waals surface area (Å²) >= 11 is 7.58. The number of carbonyl (C=O) groups excluding carboxylic acids is 2. The average Bonchev–Trinajstić information content (AvgIpc) is 3.18. The number of halogens is 1. The smallest absolute Gasteiger partial charge is 0.257 e. The van der Waals surface area contributed by atoms with Crippen molar-refractivity contribution in [2.75, 3.05) is 12.4 Å². The number of aromatic nitrogens is 1. The van der Waals surface area contributed by atoms with Gasteiger partial charge in [-0.25, -0.2) is 4.98 Å². The fraction of sp³-hybridized carbons (Fsp3) is 0.261. The van der Waals surface area contributed by atoms with Gasteiger partial charge in [0.25, 0.3) is 11.8 Å². The second kappa shape index (κ2) is 9.68. The van der Waals surface area contributed by atoms with E-state index >= 15 is 0 Å². The molecule has 1 heterocycles. The van der Waals surface area contributed by atoms with Crippen LogP contribution < -0.4 is 21.1 Å². The van der Waals surface area contributed by atoms with Crippen molar-refractivity contribution in [3.63, 3.8) is 0 Å². The quantitative estimate of drug-likeness (QED) is 0.508. The van der Waals surface area contributed by atoms with Crippen molar-refractivity contribution >= 4 is 39.9 Å². The second-order valence-electron chi connectivity index (χ2n) is 7.58. The molecule has 9 heteroatoms. The summed E-state index contributed by atoms with van der Waals surface area (Å²) in [6.45, 7) is 0.271. The largest absolute Gasteiger partial charge is 0.495 e. The Labute approximate surface area is 194 Å². The predicted octanol–water partition coefficient (Wildman–Crippen LogP) is 3.80. The van der Waals surface area contributed by atoms with Gasteiger partial charge in [-0.1, -0.05) is 23.7 Å². The lowest BCUT2D eigenvalue weighted by Gasteiger charge is -2.15. The van der Waals surface area contributed by atoms with Crippen LogP contribution in [0.3, 0.4) is 0 Å². The highest BCUT2D eigenvalue weighted by Gasteiger charge is 2.21. The van der Waals surface area contributed by atoms with Gasteiger partial charge < -0.3 is 15.8 Å². The molecular weight excluding hydrogens is 448 g/mol. The number of benzene rings is 2. The van der Waals surface area contributed by atoms with Gasteiger partial charge in [-0.05, 0) is 55.2 Å².